The molecule has 7 heteroatoms. The first-order chi connectivity index (χ1) is 7.54. The zero-order valence-electron chi connectivity index (χ0n) is 9.73. The molecule has 0 fully saturated rings. The number of amides is 1. The summed E-state index contributed by atoms with van der Waals surface area (Å²) in [6, 6.07) is -0.0952. The van der Waals surface area contributed by atoms with Crippen LogP contribution in [0.5, 0.6) is 0 Å². The molecule has 1 aromatic rings. The Morgan fingerprint density at radius 1 is 1.62 bits per heavy atom. The number of nitrogens with two attached hydrogens (primary N) is 1. The van der Waals surface area contributed by atoms with E-state index in [0.717, 1.165) is 0 Å². The van der Waals surface area contributed by atoms with Gasteiger partial charge in [-0.15, -0.1) is 5.10 Å². The third-order valence-electron chi connectivity index (χ3n) is 2.12. The highest BCUT2D eigenvalue weighted by atomic mass is 16.4. The van der Waals surface area contributed by atoms with E-state index in [-0.39, 0.29) is 24.5 Å². The zero-order chi connectivity index (χ0) is 12.1. The second-order valence-electron chi connectivity index (χ2n) is 3.50. The van der Waals surface area contributed by atoms with Gasteiger partial charge >= 0.3 is 6.01 Å². The summed E-state index contributed by atoms with van der Waals surface area (Å²) in [5.41, 5.74) is 5.55. The topological polar surface area (TPSA) is 97.3 Å². The normalized spacial score (nSPS) is 12.2. The minimum atomic E-state index is -0.308. The van der Waals surface area contributed by atoms with Crippen molar-refractivity contribution < 1.29 is 9.21 Å². The number of nitrogens with one attached hydrogen (secondary N) is 1. The number of nitrogens with zero attached hydrogens (tertiary/aromatic N) is 3. The molecule has 1 amide bonds. The van der Waals surface area contributed by atoms with E-state index in [1.807, 2.05) is 6.92 Å². The predicted octanol–water partition coefficient (Wildman–Crippen LogP) is -0.0205. The van der Waals surface area contributed by atoms with Gasteiger partial charge in [0.05, 0.1) is 12.6 Å². The Morgan fingerprint density at radius 3 is 2.81 bits per heavy atom. The SMILES string of the molecule is CCN(C)C(=O)CNc1nnc(C(C)N)o1. The highest BCUT2D eigenvalue weighted by Gasteiger charge is 2.11. The summed E-state index contributed by atoms with van der Waals surface area (Å²) in [6.45, 7) is 4.44. The fourth-order valence-corrected chi connectivity index (χ4v) is 0.953. The summed E-state index contributed by atoms with van der Waals surface area (Å²) in [5.74, 6) is 0.307. The molecule has 1 rings (SSSR count). The van der Waals surface area contributed by atoms with Gasteiger partial charge in [0.2, 0.25) is 11.8 Å². The Bertz CT molecular complexity index is 349. The summed E-state index contributed by atoms with van der Waals surface area (Å²) in [5, 5.41) is 10.2. The van der Waals surface area contributed by atoms with E-state index >= 15 is 0 Å². The first-order valence-electron chi connectivity index (χ1n) is 5.11. The lowest BCUT2D eigenvalue weighted by molar-refractivity contribution is -0.127. The van der Waals surface area contributed by atoms with Crippen molar-refractivity contribution >= 4 is 11.9 Å². The van der Waals surface area contributed by atoms with Gasteiger partial charge in [-0.3, -0.25) is 4.79 Å². The fourth-order valence-electron chi connectivity index (χ4n) is 0.953. The minimum Gasteiger partial charge on any atom is -0.406 e. The van der Waals surface area contributed by atoms with Crippen LogP contribution < -0.4 is 11.1 Å². The quantitative estimate of drug-likeness (QED) is 0.733. The predicted molar refractivity (Wildman–Crippen MR) is 58.7 cm³/mol. The molecule has 90 valence electrons. The molecule has 0 aromatic carbocycles. The van der Waals surface area contributed by atoms with E-state index in [4.69, 9.17) is 10.2 Å². The van der Waals surface area contributed by atoms with Crippen LogP contribution in [0.2, 0.25) is 0 Å². The second kappa shape index (κ2) is 5.45. The minimum absolute atomic E-state index is 0.0388. The molecule has 16 heavy (non-hydrogen) atoms. The molecule has 1 aromatic heterocycles. The van der Waals surface area contributed by atoms with Crippen LogP contribution >= 0.6 is 0 Å². The van der Waals surface area contributed by atoms with Crippen molar-refractivity contribution in [1.29, 1.82) is 0 Å². The van der Waals surface area contributed by atoms with Crippen molar-refractivity contribution in [3.05, 3.63) is 5.89 Å². The van der Waals surface area contributed by atoms with E-state index in [9.17, 15) is 4.79 Å². The van der Waals surface area contributed by atoms with Crippen LogP contribution in [-0.2, 0) is 4.79 Å². The van der Waals surface area contributed by atoms with Gasteiger partial charge in [0.15, 0.2) is 0 Å². The lowest BCUT2D eigenvalue weighted by atomic mass is 10.4. The monoisotopic (exact) mass is 227 g/mol. The van der Waals surface area contributed by atoms with E-state index < -0.39 is 0 Å². The number of anilines is 1. The largest absolute Gasteiger partial charge is 0.406 e. The molecule has 0 aliphatic carbocycles. The van der Waals surface area contributed by atoms with Gasteiger partial charge in [-0.1, -0.05) is 5.10 Å². The Kier molecular flexibility index (Phi) is 4.24. The van der Waals surface area contributed by atoms with Gasteiger partial charge in [0, 0.05) is 13.6 Å². The summed E-state index contributed by atoms with van der Waals surface area (Å²) in [7, 11) is 1.73. The maximum absolute atomic E-state index is 11.4. The van der Waals surface area contributed by atoms with E-state index in [2.05, 4.69) is 15.5 Å². The van der Waals surface area contributed by atoms with Crippen molar-refractivity contribution in [2.24, 2.45) is 5.73 Å². The summed E-state index contributed by atoms with van der Waals surface area (Å²) < 4.78 is 5.18. The van der Waals surface area contributed by atoms with Crippen LogP contribution in [0.15, 0.2) is 4.42 Å². The van der Waals surface area contributed by atoms with Gasteiger partial charge in [0.1, 0.15) is 0 Å². The van der Waals surface area contributed by atoms with Crippen LogP contribution in [0.25, 0.3) is 0 Å². The standard InChI is InChI=1S/C9H17N5O2/c1-4-14(3)7(15)5-11-9-13-12-8(16-9)6(2)10/h6H,4-5,10H2,1-3H3,(H,11,13). The lowest BCUT2D eigenvalue weighted by Gasteiger charge is -2.13. The van der Waals surface area contributed by atoms with Crippen molar-refractivity contribution in [2.45, 2.75) is 19.9 Å². The smallest absolute Gasteiger partial charge is 0.315 e. The van der Waals surface area contributed by atoms with Crippen LogP contribution in [-0.4, -0.2) is 41.1 Å². The van der Waals surface area contributed by atoms with Gasteiger partial charge in [-0.25, -0.2) is 0 Å². The van der Waals surface area contributed by atoms with Crippen LogP contribution in [0.3, 0.4) is 0 Å². The molecular weight excluding hydrogens is 210 g/mol. The average molecular weight is 227 g/mol. The van der Waals surface area contributed by atoms with Crippen LogP contribution in [0, 0.1) is 0 Å². The lowest BCUT2D eigenvalue weighted by Crippen LogP contribution is -2.31. The molecule has 1 heterocycles. The molecule has 0 spiro atoms. The number of rotatable bonds is 5. The summed E-state index contributed by atoms with van der Waals surface area (Å²) in [6.07, 6.45) is 0. The molecule has 3 N–H and O–H groups in total. The van der Waals surface area contributed by atoms with Gasteiger partial charge in [-0.05, 0) is 13.8 Å². The number of hydrogen-bond donors (Lipinski definition) is 2. The molecular formula is C9H17N5O2. The molecule has 7 nitrogen and oxygen atoms in total. The molecule has 1 unspecified atom stereocenters. The highest BCUT2D eigenvalue weighted by Crippen LogP contribution is 2.10. The molecule has 0 radical (unpaired) electrons. The molecule has 0 bridgehead atoms. The van der Waals surface area contributed by atoms with E-state index in [1.54, 1.807) is 18.9 Å². The zero-order valence-corrected chi connectivity index (χ0v) is 9.73. The number of carbonyl (C=O) groups is 1. The third kappa shape index (κ3) is 3.20. The number of aromatic nitrogens is 2. The average Bonchev–Trinajstić information content (AvgIpc) is 2.73. The van der Waals surface area contributed by atoms with Crippen molar-refractivity contribution in [1.82, 2.24) is 15.1 Å². The number of hydrogen-bond acceptors (Lipinski definition) is 6. The first kappa shape index (κ1) is 12.4. The molecule has 0 saturated heterocycles. The molecule has 0 aliphatic heterocycles. The van der Waals surface area contributed by atoms with Crippen molar-refractivity contribution in [2.75, 3.05) is 25.5 Å². The van der Waals surface area contributed by atoms with Gasteiger partial charge < -0.3 is 20.4 Å². The molecule has 1 atom stereocenters. The number of carbonyl (C=O) groups excluding carboxylic acids is 1. The molecule has 0 aliphatic rings. The Hall–Kier alpha value is -1.63. The van der Waals surface area contributed by atoms with Crippen LogP contribution in [0.4, 0.5) is 6.01 Å². The summed E-state index contributed by atoms with van der Waals surface area (Å²) >= 11 is 0. The van der Waals surface area contributed by atoms with Gasteiger partial charge in [0.25, 0.3) is 0 Å². The second-order valence-corrected chi connectivity index (χ2v) is 3.50. The van der Waals surface area contributed by atoms with E-state index in [0.29, 0.717) is 12.4 Å². The Morgan fingerprint density at radius 2 is 2.31 bits per heavy atom. The molecule has 0 saturated carbocycles. The van der Waals surface area contributed by atoms with Gasteiger partial charge in [-0.2, -0.15) is 0 Å². The maximum Gasteiger partial charge on any atom is 0.315 e. The third-order valence-corrected chi connectivity index (χ3v) is 2.12. The number of likely N-dealkylation sites (N-methyl/N-ethyl adjacent to an activating group) is 1. The Balaban J connectivity index is 2.45. The van der Waals surface area contributed by atoms with Crippen LogP contribution in [0.1, 0.15) is 25.8 Å². The maximum atomic E-state index is 11.4. The summed E-state index contributed by atoms with van der Waals surface area (Å²) in [4.78, 5) is 13.0. The Labute approximate surface area is 94.0 Å². The highest BCUT2D eigenvalue weighted by molar-refractivity contribution is 5.79. The first-order valence-corrected chi connectivity index (χ1v) is 5.11. The van der Waals surface area contributed by atoms with Crippen molar-refractivity contribution in [3.8, 4) is 0 Å². The van der Waals surface area contributed by atoms with Crippen molar-refractivity contribution in [3.63, 3.8) is 0 Å². The van der Waals surface area contributed by atoms with E-state index in [1.165, 1.54) is 0 Å². The fraction of sp³-hybridized carbons (Fsp3) is 0.667.